The Morgan fingerprint density at radius 2 is 2.00 bits per heavy atom. The first-order chi connectivity index (χ1) is 6.24. The van der Waals surface area contributed by atoms with Gasteiger partial charge in [0.2, 0.25) is 5.24 Å². The molecule has 0 saturated carbocycles. The quantitative estimate of drug-likeness (QED) is 0.691. The van der Waals surface area contributed by atoms with Gasteiger partial charge in [0.05, 0.1) is 6.54 Å². The second-order valence-corrected chi connectivity index (χ2v) is 3.13. The van der Waals surface area contributed by atoms with Gasteiger partial charge in [-0.15, -0.1) is 0 Å². The monoisotopic (exact) mass is 197 g/mol. The van der Waals surface area contributed by atoms with E-state index in [1.165, 1.54) is 0 Å². The number of carbonyl (C=O) groups is 1. The zero-order valence-corrected chi connectivity index (χ0v) is 8.29. The highest BCUT2D eigenvalue weighted by molar-refractivity contribution is 6.64. The summed E-state index contributed by atoms with van der Waals surface area (Å²) in [6.45, 7) is 3.04. The summed E-state index contributed by atoms with van der Waals surface area (Å²) in [6, 6.07) is 9.75. The molecule has 1 aromatic carbocycles. The molecule has 0 spiro atoms. The van der Waals surface area contributed by atoms with Gasteiger partial charge in [0, 0.05) is 12.2 Å². The van der Waals surface area contributed by atoms with Crippen molar-refractivity contribution >= 4 is 22.5 Å². The third kappa shape index (κ3) is 3.07. The Morgan fingerprint density at radius 3 is 2.46 bits per heavy atom. The molecule has 0 amide bonds. The Balaban J connectivity index is 2.73. The Morgan fingerprint density at radius 1 is 1.38 bits per heavy atom. The summed E-state index contributed by atoms with van der Waals surface area (Å²) in [4.78, 5) is 12.6. The highest BCUT2D eigenvalue weighted by Crippen LogP contribution is 2.12. The smallest absolute Gasteiger partial charge is 0.240 e. The van der Waals surface area contributed by atoms with Crippen molar-refractivity contribution in [3.8, 4) is 0 Å². The number of hydrogen-bond acceptors (Lipinski definition) is 2. The van der Waals surface area contributed by atoms with Crippen molar-refractivity contribution in [2.75, 3.05) is 18.0 Å². The van der Waals surface area contributed by atoms with Gasteiger partial charge < -0.3 is 4.90 Å². The molecule has 2 nitrogen and oxygen atoms in total. The van der Waals surface area contributed by atoms with Gasteiger partial charge >= 0.3 is 0 Å². The predicted octanol–water partition coefficient (Wildman–Crippen LogP) is 2.28. The molecule has 1 aromatic rings. The number of nitrogens with zero attached hydrogens (tertiary/aromatic N) is 1. The molecule has 0 bridgehead atoms. The Labute approximate surface area is 83.1 Å². The Kier molecular flexibility index (Phi) is 3.77. The average Bonchev–Trinajstić information content (AvgIpc) is 2.15. The molecule has 3 heteroatoms. The van der Waals surface area contributed by atoms with Crippen LogP contribution in [-0.2, 0) is 4.79 Å². The van der Waals surface area contributed by atoms with E-state index in [1.54, 1.807) is 0 Å². The van der Waals surface area contributed by atoms with Crippen LogP contribution < -0.4 is 4.90 Å². The van der Waals surface area contributed by atoms with E-state index in [0.29, 0.717) is 0 Å². The molecule has 0 aliphatic heterocycles. The highest BCUT2D eigenvalue weighted by atomic mass is 35.5. The first-order valence-electron chi connectivity index (χ1n) is 4.22. The zero-order chi connectivity index (χ0) is 9.68. The molecular formula is C10H12ClNO. The van der Waals surface area contributed by atoms with Crippen molar-refractivity contribution in [1.82, 2.24) is 0 Å². The molecule has 13 heavy (non-hydrogen) atoms. The summed E-state index contributed by atoms with van der Waals surface area (Å²) in [6.07, 6.45) is 0. The summed E-state index contributed by atoms with van der Waals surface area (Å²) < 4.78 is 0. The number of benzene rings is 1. The molecule has 0 radical (unpaired) electrons. The maximum absolute atomic E-state index is 10.7. The summed E-state index contributed by atoms with van der Waals surface area (Å²) in [5.74, 6) is 0. The van der Waals surface area contributed by atoms with Gasteiger partial charge in [-0.25, -0.2) is 0 Å². The minimum absolute atomic E-state index is 0.266. The van der Waals surface area contributed by atoms with Crippen LogP contribution >= 0.6 is 11.6 Å². The molecule has 0 aliphatic carbocycles. The average molecular weight is 198 g/mol. The van der Waals surface area contributed by atoms with Gasteiger partial charge in [0.1, 0.15) is 0 Å². The predicted molar refractivity (Wildman–Crippen MR) is 55.2 cm³/mol. The normalized spacial score (nSPS) is 9.69. The first kappa shape index (κ1) is 10.1. The largest absolute Gasteiger partial charge is 0.363 e. The van der Waals surface area contributed by atoms with Crippen LogP contribution in [-0.4, -0.2) is 18.3 Å². The van der Waals surface area contributed by atoms with Crippen LogP contribution in [0.1, 0.15) is 6.92 Å². The maximum atomic E-state index is 10.7. The van der Waals surface area contributed by atoms with Crippen molar-refractivity contribution in [3.05, 3.63) is 30.3 Å². The third-order valence-corrected chi connectivity index (χ3v) is 1.94. The lowest BCUT2D eigenvalue weighted by Crippen LogP contribution is -2.27. The number of carbonyl (C=O) groups excluding carboxylic acids is 1. The molecule has 0 fully saturated rings. The summed E-state index contributed by atoms with van der Waals surface area (Å²) >= 11 is 5.32. The minimum Gasteiger partial charge on any atom is -0.363 e. The molecular weight excluding hydrogens is 186 g/mol. The fourth-order valence-electron chi connectivity index (χ4n) is 1.17. The topological polar surface area (TPSA) is 20.3 Å². The Hall–Kier alpha value is -1.02. The first-order valence-corrected chi connectivity index (χ1v) is 4.60. The van der Waals surface area contributed by atoms with Gasteiger partial charge in [0.15, 0.2) is 0 Å². The fourth-order valence-corrected chi connectivity index (χ4v) is 1.32. The van der Waals surface area contributed by atoms with Crippen LogP contribution in [0.3, 0.4) is 0 Å². The zero-order valence-electron chi connectivity index (χ0n) is 7.53. The fraction of sp³-hybridized carbons (Fsp3) is 0.300. The SMILES string of the molecule is CCN(CC(=O)Cl)c1ccccc1. The van der Waals surface area contributed by atoms with Crippen LogP contribution in [0.4, 0.5) is 5.69 Å². The van der Waals surface area contributed by atoms with Crippen LogP contribution in [0, 0.1) is 0 Å². The number of anilines is 1. The molecule has 0 heterocycles. The van der Waals surface area contributed by atoms with Gasteiger partial charge in [0.25, 0.3) is 0 Å². The van der Waals surface area contributed by atoms with Gasteiger partial charge in [-0.3, -0.25) is 4.79 Å². The van der Waals surface area contributed by atoms with Crippen LogP contribution in [0.2, 0.25) is 0 Å². The van der Waals surface area contributed by atoms with Crippen molar-refractivity contribution in [2.45, 2.75) is 6.92 Å². The van der Waals surface area contributed by atoms with Gasteiger partial charge in [-0.1, -0.05) is 18.2 Å². The number of likely N-dealkylation sites (N-methyl/N-ethyl adjacent to an activating group) is 1. The molecule has 0 saturated heterocycles. The number of para-hydroxylation sites is 1. The van der Waals surface area contributed by atoms with Crippen molar-refractivity contribution in [2.24, 2.45) is 0 Å². The number of hydrogen-bond donors (Lipinski definition) is 0. The van der Waals surface area contributed by atoms with Crippen LogP contribution in [0.25, 0.3) is 0 Å². The standard InChI is InChI=1S/C10H12ClNO/c1-2-12(8-10(11)13)9-6-4-3-5-7-9/h3-7H,2,8H2,1H3. The van der Waals surface area contributed by atoms with Gasteiger partial charge in [-0.2, -0.15) is 0 Å². The molecule has 70 valence electrons. The number of rotatable bonds is 4. The molecule has 1 rings (SSSR count). The Bertz CT molecular complexity index is 274. The molecule has 0 aliphatic rings. The second-order valence-electron chi connectivity index (χ2n) is 2.70. The van der Waals surface area contributed by atoms with E-state index >= 15 is 0 Å². The van der Waals surface area contributed by atoms with E-state index in [9.17, 15) is 4.79 Å². The number of halogens is 1. The third-order valence-electron chi connectivity index (χ3n) is 1.82. The van der Waals surface area contributed by atoms with Crippen molar-refractivity contribution in [1.29, 1.82) is 0 Å². The van der Waals surface area contributed by atoms with Crippen molar-refractivity contribution < 1.29 is 4.79 Å². The molecule has 0 N–H and O–H groups in total. The van der Waals surface area contributed by atoms with E-state index in [4.69, 9.17) is 11.6 Å². The molecule has 0 atom stereocenters. The highest BCUT2D eigenvalue weighted by Gasteiger charge is 2.06. The lowest BCUT2D eigenvalue weighted by Gasteiger charge is -2.20. The lowest BCUT2D eigenvalue weighted by molar-refractivity contribution is -0.110. The summed E-state index contributed by atoms with van der Waals surface area (Å²) in [5.41, 5.74) is 1.03. The van der Waals surface area contributed by atoms with E-state index < -0.39 is 0 Å². The van der Waals surface area contributed by atoms with Crippen LogP contribution in [0.15, 0.2) is 30.3 Å². The lowest BCUT2D eigenvalue weighted by atomic mass is 10.3. The maximum Gasteiger partial charge on any atom is 0.240 e. The summed E-state index contributed by atoms with van der Waals surface area (Å²) in [7, 11) is 0. The molecule has 0 unspecified atom stereocenters. The summed E-state index contributed by atoms with van der Waals surface area (Å²) in [5, 5.41) is -0.328. The van der Waals surface area contributed by atoms with E-state index in [1.807, 2.05) is 42.2 Å². The second kappa shape index (κ2) is 4.87. The van der Waals surface area contributed by atoms with Gasteiger partial charge in [-0.05, 0) is 30.7 Å². The minimum atomic E-state index is -0.328. The van der Waals surface area contributed by atoms with E-state index in [0.717, 1.165) is 12.2 Å². The van der Waals surface area contributed by atoms with E-state index in [2.05, 4.69) is 0 Å². The van der Waals surface area contributed by atoms with E-state index in [-0.39, 0.29) is 11.8 Å². The van der Waals surface area contributed by atoms with Crippen molar-refractivity contribution in [3.63, 3.8) is 0 Å². The molecule has 0 aromatic heterocycles. The van der Waals surface area contributed by atoms with Crippen LogP contribution in [0.5, 0.6) is 0 Å².